The molecule has 0 aromatic carbocycles. The van der Waals surface area contributed by atoms with Crippen LogP contribution in [-0.4, -0.2) is 40.9 Å². The van der Waals surface area contributed by atoms with Gasteiger partial charge >= 0.3 is 0 Å². The topological polar surface area (TPSA) is 79.3 Å². The van der Waals surface area contributed by atoms with E-state index in [0.717, 1.165) is 12.4 Å². The molecule has 3 N–H and O–H groups in total. The molecule has 6 nitrogen and oxygen atoms in total. The number of ether oxygens (including phenoxy) is 1. The average Bonchev–Trinajstić information content (AvgIpc) is 2.42. The van der Waals surface area contributed by atoms with E-state index in [2.05, 4.69) is 34.4 Å². The second-order valence-corrected chi connectivity index (χ2v) is 4.90. The Kier molecular flexibility index (Phi) is 7.25. The summed E-state index contributed by atoms with van der Waals surface area (Å²) >= 11 is 0. The molecule has 0 unspecified atom stereocenters. The van der Waals surface area contributed by atoms with Crippen molar-refractivity contribution in [2.24, 2.45) is 5.92 Å². The standard InChI is InChI=1S/C14H26N4O2/c1-5-15-12-7-13(16-11(8-19)10(3)4)18-14(17-12)9-20-6-2/h7,10-11,19H,5-6,8-9H2,1-4H3,(H2,15,16,17,18)/t11-/m1/s1. The fraction of sp³-hybridized carbons (Fsp3) is 0.714. The average molecular weight is 282 g/mol. The third-order valence-electron chi connectivity index (χ3n) is 2.90. The van der Waals surface area contributed by atoms with Crippen molar-refractivity contribution in [1.82, 2.24) is 9.97 Å². The van der Waals surface area contributed by atoms with Crippen molar-refractivity contribution in [2.45, 2.75) is 40.3 Å². The predicted molar refractivity (Wildman–Crippen MR) is 80.9 cm³/mol. The van der Waals surface area contributed by atoms with E-state index in [0.29, 0.717) is 30.8 Å². The quantitative estimate of drug-likeness (QED) is 0.642. The minimum atomic E-state index is -0.0284. The Morgan fingerprint density at radius 2 is 1.95 bits per heavy atom. The van der Waals surface area contributed by atoms with E-state index in [9.17, 15) is 5.11 Å². The minimum Gasteiger partial charge on any atom is -0.394 e. The summed E-state index contributed by atoms with van der Waals surface area (Å²) in [6, 6.07) is 1.82. The summed E-state index contributed by atoms with van der Waals surface area (Å²) in [6.45, 7) is 9.94. The third-order valence-corrected chi connectivity index (χ3v) is 2.90. The van der Waals surface area contributed by atoms with Gasteiger partial charge in [0.15, 0.2) is 5.82 Å². The predicted octanol–water partition coefficient (Wildman–Crippen LogP) is 1.87. The molecule has 1 heterocycles. The molecule has 0 saturated carbocycles. The largest absolute Gasteiger partial charge is 0.394 e. The Hall–Kier alpha value is -1.40. The number of aliphatic hydroxyl groups excluding tert-OH is 1. The van der Waals surface area contributed by atoms with E-state index in [1.807, 2.05) is 19.9 Å². The van der Waals surface area contributed by atoms with Crippen molar-refractivity contribution in [3.8, 4) is 0 Å². The Morgan fingerprint density at radius 1 is 1.25 bits per heavy atom. The van der Waals surface area contributed by atoms with Gasteiger partial charge in [0.05, 0.1) is 12.6 Å². The summed E-state index contributed by atoms with van der Waals surface area (Å²) < 4.78 is 5.36. The van der Waals surface area contributed by atoms with E-state index in [4.69, 9.17) is 4.74 Å². The zero-order chi connectivity index (χ0) is 15.0. The smallest absolute Gasteiger partial charge is 0.158 e. The molecule has 0 saturated heterocycles. The number of nitrogens with one attached hydrogen (secondary N) is 2. The summed E-state index contributed by atoms with van der Waals surface area (Å²) in [5.74, 6) is 2.42. The number of aromatic nitrogens is 2. The third kappa shape index (κ3) is 5.30. The Balaban J connectivity index is 2.89. The Labute approximate surface area is 121 Å². The summed E-state index contributed by atoms with van der Waals surface area (Å²) in [6.07, 6.45) is 0. The Morgan fingerprint density at radius 3 is 2.50 bits per heavy atom. The Bertz CT molecular complexity index is 399. The first-order chi connectivity index (χ1) is 9.60. The molecule has 0 spiro atoms. The highest BCUT2D eigenvalue weighted by atomic mass is 16.5. The minimum absolute atomic E-state index is 0.0284. The number of anilines is 2. The first-order valence-corrected chi connectivity index (χ1v) is 7.17. The number of hydrogen-bond donors (Lipinski definition) is 3. The van der Waals surface area contributed by atoms with Gasteiger partial charge < -0.3 is 20.5 Å². The molecule has 114 valence electrons. The lowest BCUT2D eigenvalue weighted by molar-refractivity contribution is 0.128. The molecule has 1 atom stereocenters. The molecule has 1 aromatic heterocycles. The lowest BCUT2D eigenvalue weighted by Gasteiger charge is -2.21. The van der Waals surface area contributed by atoms with Crippen LogP contribution in [0.15, 0.2) is 6.07 Å². The molecule has 1 rings (SSSR count). The molecule has 1 aromatic rings. The highest BCUT2D eigenvalue weighted by molar-refractivity contribution is 5.48. The van der Waals surface area contributed by atoms with E-state index in [-0.39, 0.29) is 12.6 Å². The maximum Gasteiger partial charge on any atom is 0.158 e. The molecule has 20 heavy (non-hydrogen) atoms. The fourth-order valence-corrected chi connectivity index (χ4v) is 1.71. The maximum absolute atomic E-state index is 9.39. The van der Waals surface area contributed by atoms with Gasteiger partial charge in [-0.2, -0.15) is 0 Å². The van der Waals surface area contributed by atoms with Gasteiger partial charge in [0.1, 0.15) is 18.2 Å². The van der Waals surface area contributed by atoms with Crippen molar-refractivity contribution in [2.75, 3.05) is 30.4 Å². The van der Waals surface area contributed by atoms with Crippen LogP contribution in [0, 0.1) is 5.92 Å². The monoisotopic (exact) mass is 282 g/mol. The fourth-order valence-electron chi connectivity index (χ4n) is 1.71. The van der Waals surface area contributed by atoms with Crippen molar-refractivity contribution in [3.05, 3.63) is 11.9 Å². The maximum atomic E-state index is 9.39. The van der Waals surface area contributed by atoms with Gasteiger partial charge in [0.25, 0.3) is 0 Å². The summed E-state index contributed by atoms with van der Waals surface area (Å²) in [5, 5.41) is 15.8. The van der Waals surface area contributed by atoms with Crippen LogP contribution < -0.4 is 10.6 Å². The van der Waals surface area contributed by atoms with Gasteiger partial charge in [-0.05, 0) is 19.8 Å². The molecule has 0 aliphatic rings. The molecule has 0 amide bonds. The second-order valence-electron chi connectivity index (χ2n) is 4.90. The van der Waals surface area contributed by atoms with Crippen LogP contribution in [0.25, 0.3) is 0 Å². The SMILES string of the molecule is CCNc1cc(N[C@H](CO)C(C)C)nc(COCC)n1. The summed E-state index contributed by atoms with van der Waals surface area (Å²) in [5.41, 5.74) is 0. The lowest BCUT2D eigenvalue weighted by atomic mass is 10.1. The van der Waals surface area contributed by atoms with Crippen molar-refractivity contribution in [3.63, 3.8) is 0 Å². The normalized spacial score (nSPS) is 12.5. The van der Waals surface area contributed by atoms with Crippen molar-refractivity contribution < 1.29 is 9.84 Å². The van der Waals surface area contributed by atoms with Crippen LogP contribution >= 0.6 is 0 Å². The van der Waals surface area contributed by atoms with Crippen LogP contribution in [-0.2, 0) is 11.3 Å². The van der Waals surface area contributed by atoms with Crippen LogP contribution in [0.2, 0.25) is 0 Å². The highest BCUT2D eigenvalue weighted by Gasteiger charge is 2.13. The highest BCUT2D eigenvalue weighted by Crippen LogP contribution is 2.15. The first-order valence-electron chi connectivity index (χ1n) is 7.17. The van der Waals surface area contributed by atoms with Crippen molar-refractivity contribution >= 4 is 11.6 Å². The molecule has 0 bridgehead atoms. The van der Waals surface area contributed by atoms with Crippen LogP contribution in [0.1, 0.15) is 33.5 Å². The molecule has 0 aliphatic heterocycles. The number of rotatable bonds is 9. The zero-order valence-electron chi connectivity index (χ0n) is 12.8. The second kappa shape index (κ2) is 8.71. The molecule has 0 fully saturated rings. The van der Waals surface area contributed by atoms with Gasteiger partial charge in [-0.3, -0.25) is 0 Å². The number of hydrogen-bond acceptors (Lipinski definition) is 6. The van der Waals surface area contributed by atoms with Gasteiger partial charge in [0, 0.05) is 19.2 Å². The van der Waals surface area contributed by atoms with E-state index < -0.39 is 0 Å². The van der Waals surface area contributed by atoms with Gasteiger partial charge in [-0.25, -0.2) is 9.97 Å². The molecule has 0 radical (unpaired) electrons. The molecule has 0 aliphatic carbocycles. The van der Waals surface area contributed by atoms with Gasteiger partial charge in [-0.15, -0.1) is 0 Å². The van der Waals surface area contributed by atoms with Gasteiger partial charge in [0.2, 0.25) is 0 Å². The summed E-state index contributed by atoms with van der Waals surface area (Å²) in [4.78, 5) is 8.81. The van der Waals surface area contributed by atoms with Gasteiger partial charge in [-0.1, -0.05) is 13.8 Å². The van der Waals surface area contributed by atoms with E-state index in [1.165, 1.54) is 0 Å². The van der Waals surface area contributed by atoms with E-state index in [1.54, 1.807) is 0 Å². The molecule has 6 heteroatoms. The molecular weight excluding hydrogens is 256 g/mol. The van der Waals surface area contributed by atoms with Crippen molar-refractivity contribution in [1.29, 1.82) is 0 Å². The van der Waals surface area contributed by atoms with Crippen LogP contribution in [0.5, 0.6) is 0 Å². The lowest BCUT2D eigenvalue weighted by Crippen LogP contribution is -2.30. The van der Waals surface area contributed by atoms with E-state index >= 15 is 0 Å². The van der Waals surface area contributed by atoms with Crippen LogP contribution in [0.3, 0.4) is 0 Å². The summed E-state index contributed by atoms with van der Waals surface area (Å²) in [7, 11) is 0. The zero-order valence-corrected chi connectivity index (χ0v) is 12.8. The number of nitrogens with zero attached hydrogens (tertiary/aromatic N) is 2. The first kappa shape index (κ1) is 16.7. The van der Waals surface area contributed by atoms with Crippen LogP contribution in [0.4, 0.5) is 11.6 Å². The number of aliphatic hydroxyl groups is 1. The molecular formula is C14H26N4O2.